The van der Waals surface area contributed by atoms with Crippen LogP contribution in [0.3, 0.4) is 0 Å². The Morgan fingerprint density at radius 2 is 2.17 bits per heavy atom. The predicted molar refractivity (Wildman–Crippen MR) is 53.3 cm³/mol. The highest BCUT2D eigenvalue weighted by atomic mass is 14.6. The molecule has 6 N–H and O–H groups in total. The standard InChI is InChI=1S/C9H17N3/c1-8(12)9(5-7-11)4-2-3-6-10/h2-5,7-8H,6,10-12H2,1H3/b3-2+,7-5-,9-4+. The lowest BCUT2D eigenvalue weighted by Gasteiger charge is -2.03. The van der Waals surface area contributed by atoms with Crippen LogP contribution in [-0.4, -0.2) is 12.6 Å². The molecule has 0 aromatic rings. The van der Waals surface area contributed by atoms with Gasteiger partial charge in [-0.2, -0.15) is 0 Å². The number of nitrogens with two attached hydrogens (primary N) is 3. The van der Waals surface area contributed by atoms with Crippen molar-refractivity contribution in [3.63, 3.8) is 0 Å². The Balaban J connectivity index is 4.28. The van der Waals surface area contributed by atoms with Crippen LogP contribution in [0.2, 0.25) is 0 Å². The van der Waals surface area contributed by atoms with E-state index in [1.54, 1.807) is 6.08 Å². The van der Waals surface area contributed by atoms with Crippen molar-refractivity contribution in [1.29, 1.82) is 0 Å². The molecule has 68 valence electrons. The second-order valence-corrected chi connectivity index (χ2v) is 2.48. The van der Waals surface area contributed by atoms with Crippen LogP contribution in [0, 0.1) is 0 Å². The molecule has 0 aliphatic carbocycles. The van der Waals surface area contributed by atoms with Crippen molar-refractivity contribution in [3.8, 4) is 0 Å². The zero-order chi connectivity index (χ0) is 9.40. The molecule has 0 bridgehead atoms. The second kappa shape index (κ2) is 6.64. The molecule has 12 heavy (non-hydrogen) atoms. The van der Waals surface area contributed by atoms with Gasteiger partial charge in [0.2, 0.25) is 0 Å². The Kier molecular flexibility index (Phi) is 6.05. The number of hydrogen-bond acceptors (Lipinski definition) is 3. The first kappa shape index (κ1) is 10.9. The van der Waals surface area contributed by atoms with Gasteiger partial charge in [-0.05, 0) is 24.8 Å². The minimum Gasteiger partial charge on any atom is -0.405 e. The van der Waals surface area contributed by atoms with Crippen molar-refractivity contribution in [3.05, 3.63) is 36.1 Å². The van der Waals surface area contributed by atoms with Crippen LogP contribution in [0.15, 0.2) is 36.1 Å². The molecular weight excluding hydrogens is 150 g/mol. The first-order chi connectivity index (χ1) is 5.72. The Morgan fingerprint density at radius 1 is 1.50 bits per heavy atom. The molecular formula is C9H17N3. The summed E-state index contributed by atoms with van der Waals surface area (Å²) in [6.45, 7) is 2.44. The predicted octanol–water partition coefficient (Wildman–Crippen LogP) is 0.247. The maximum atomic E-state index is 5.66. The summed E-state index contributed by atoms with van der Waals surface area (Å²) >= 11 is 0. The lowest BCUT2D eigenvalue weighted by molar-refractivity contribution is 0.884. The third kappa shape index (κ3) is 4.71. The van der Waals surface area contributed by atoms with Crippen LogP contribution in [-0.2, 0) is 0 Å². The molecule has 1 unspecified atom stereocenters. The zero-order valence-corrected chi connectivity index (χ0v) is 7.40. The van der Waals surface area contributed by atoms with Crippen LogP contribution in [0.1, 0.15) is 6.92 Å². The molecule has 3 nitrogen and oxygen atoms in total. The molecule has 0 spiro atoms. The maximum absolute atomic E-state index is 5.66. The Labute approximate surface area is 73.6 Å². The van der Waals surface area contributed by atoms with E-state index in [4.69, 9.17) is 17.2 Å². The summed E-state index contributed by atoms with van der Waals surface area (Å²) in [4.78, 5) is 0. The van der Waals surface area contributed by atoms with Gasteiger partial charge in [0.15, 0.2) is 0 Å². The van der Waals surface area contributed by atoms with Gasteiger partial charge in [0.25, 0.3) is 0 Å². The summed E-state index contributed by atoms with van der Waals surface area (Å²) < 4.78 is 0. The van der Waals surface area contributed by atoms with Crippen LogP contribution < -0.4 is 17.2 Å². The van der Waals surface area contributed by atoms with Gasteiger partial charge in [-0.3, -0.25) is 0 Å². The Morgan fingerprint density at radius 3 is 2.58 bits per heavy atom. The van der Waals surface area contributed by atoms with E-state index in [-0.39, 0.29) is 6.04 Å². The third-order valence-electron chi connectivity index (χ3n) is 1.38. The van der Waals surface area contributed by atoms with E-state index in [0.717, 1.165) is 5.57 Å². The summed E-state index contributed by atoms with van der Waals surface area (Å²) in [6, 6.07) is -0.00720. The summed E-state index contributed by atoms with van der Waals surface area (Å²) in [6.07, 6.45) is 8.89. The van der Waals surface area contributed by atoms with Gasteiger partial charge >= 0.3 is 0 Å². The van der Waals surface area contributed by atoms with E-state index in [9.17, 15) is 0 Å². The highest BCUT2D eigenvalue weighted by Gasteiger charge is 1.95. The number of allylic oxidation sites excluding steroid dienone is 2. The van der Waals surface area contributed by atoms with Crippen molar-refractivity contribution in [2.45, 2.75) is 13.0 Å². The smallest absolute Gasteiger partial charge is 0.0266 e. The molecule has 0 amide bonds. The van der Waals surface area contributed by atoms with Gasteiger partial charge in [-0.25, -0.2) is 0 Å². The highest BCUT2D eigenvalue weighted by Crippen LogP contribution is 2.00. The van der Waals surface area contributed by atoms with E-state index in [2.05, 4.69) is 0 Å². The molecule has 3 heteroatoms. The second-order valence-electron chi connectivity index (χ2n) is 2.48. The highest BCUT2D eigenvalue weighted by molar-refractivity contribution is 5.27. The van der Waals surface area contributed by atoms with E-state index in [1.807, 2.05) is 25.2 Å². The molecule has 0 saturated heterocycles. The van der Waals surface area contributed by atoms with Crippen molar-refractivity contribution >= 4 is 0 Å². The minimum absolute atomic E-state index is 0.00720. The summed E-state index contributed by atoms with van der Waals surface area (Å²) in [5.41, 5.74) is 17.2. The lowest BCUT2D eigenvalue weighted by Crippen LogP contribution is -2.16. The lowest BCUT2D eigenvalue weighted by atomic mass is 10.1. The number of rotatable bonds is 4. The summed E-state index contributed by atoms with van der Waals surface area (Å²) in [5, 5.41) is 0. The average molecular weight is 167 g/mol. The molecule has 0 rings (SSSR count). The molecule has 0 heterocycles. The van der Waals surface area contributed by atoms with E-state index in [0.29, 0.717) is 6.54 Å². The zero-order valence-electron chi connectivity index (χ0n) is 7.40. The molecule has 0 saturated carbocycles. The minimum atomic E-state index is -0.00720. The molecule has 1 atom stereocenters. The van der Waals surface area contributed by atoms with Crippen molar-refractivity contribution in [2.75, 3.05) is 6.54 Å². The monoisotopic (exact) mass is 167 g/mol. The molecule has 0 aliphatic rings. The van der Waals surface area contributed by atoms with Crippen molar-refractivity contribution in [1.82, 2.24) is 0 Å². The molecule has 0 aliphatic heterocycles. The fourth-order valence-corrected chi connectivity index (χ4v) is 0.728. The van der Waals surface area contributed by atoms with E-state index >= 15 is 0 Å². The SMILES string of the molecule is CC(N)C(/C=C\N)=C/C=C/CN. The largest absolute Gasteiger partial charge is 0.405 e. The fourth-order valence-electron chi connectivity index (χ4n) is 0.728. The van der Waals surface area contributed by atoms with E-state index in [1.165, 1.54) is 6.20 Å². The molecule has 0 radical (unpaired) electrons. The Hall–Kier alpha value is -1.06. The van der Waals surface area contributed by atoms with Gasteiger partial charge in [-0.1, -0.05) is 18.2 Å². The van der Waals surface area contributed by atoms with Crippen LogP contribution in [0.5, 0.6) is 0 Å². The quantitative estimate of drug-likeness (QED) is 0.525. The van der Waals surface area contributed by atoms with Gasteiger partial charge in [-0.15, -0.1) is 0 Å². The summed E-state index contributed by atoms with van der Waals surface area (Å²) in [5.74, 6) is 0. The first-order valence-corrected chi connectivity index (χ1v) is 3.93. The third-order valence-corrected chi connectivity index (χ3v) is 1.38. The van der Waals surface area contributed by atoms with Crippen LogP contribution >= 0.6 is 0 Å². The van der Waals surface area contributed by atoms with E-state index < -0.39 is 0 Å². The first-order valence-electron chi connectivity index (χ1n) is 3.93. The topological polar surface area (TPSA) is 78.1 Å². The van der Waals surface area contributed by atoms with Gasteiger partial charge in [0.05, 0.1) is 0 Å². The van der Waals surface area contributed by atoms with Gasteiger partial charge in [0.1, 0.15) is 0 Å². The molecule has 0 aromatic carbocycles. The normalized spacial score (nSPS) is 16.1. The van der Waals surface area contributed by atoms with Crippen LogP contribution in [0.25, 0.3) is 0 Å². The molecule has 0 aromatic heterocycles. The summed E-state index contributed by atoms with van der Waals surface area (Å²) in [7, 11) is 0. The van der Waals surface area contributed by atoms with Crippen molar-refractivity contribution < 1.29 is 0 Å². The van der Waals surface area contributed by atoms with Gasteiger partial charge < -0.3 is 17.2 Å². The molecule has 0 fully saturated rings. The Bertz CT molecular complexity index is 190. The van der Waals surface area contributed by atoms with Crippen molar-refractivity contribution in [2.24, 2.45) is 17.2 Å². The number of hydrogen-bond donors (Lipinski definition) is 3. The average Bonchev–Trinajstić information content (AvgIpc) is 2.03. The maximum Gasteiger partial charge on any atom is 0.0266 e. The van der Waals surface area contributed by atoms with Crippen LogP contribution in [0.4, 0.5) is 0 Å². The fraction of sp³-hybridized carbons (Fsp3) is 0.333. The van der Waals surface area contributed by atoms with Gasteiger partial charge in [0, 0.05) is 12.6 Å².